The van der Waals surface area contributed by atoms with Gasteiger partial charge in [-0.3, -0.25) is 9.78 Å². The van der Waals surface area contributed by atoms with Crippen molar-refractivity contribution in [3.05, 3.63) is 41.8 Å². The van der Waals surface area contributed by atoms with Gasteiger partial charge in [-0.25, -0.2) is 4.79 Å². The minimum atomic E-state index is -5.08. The van der Waals surface area contributed by atoms with Crippen LogP contribution in [0.4, 0.5) is 13.2 Å². The lowest BCUT2D eigenvalue weighted by Gasteiger charge is -2.21. The molecule has 1 fully saturated rings. The third-order valence-electron chi connectivity index (χ3n) is 5.45. The number of carboxylic acids is 2. The van der Waals surface area contributed by atoms with Crippen LogP contribution in [0.5, 0.6) is 0 Å². The molecule has 3 rings (SSSR count). The fourth-order valence-electron chi connectivity index (χ4n) is 3.82. The van der Waals surface area contributed by atoms with Gasteiger partial charge >= 0.3 is 18.1 Å². The Labute approximate surface area is 189 Å². The SMILES string of the molecule is O=C(O)C(F)(F)F.O=C(O)CC(CCCC1CCCCC1)c1nc(Cc2ccccn2)no1. The van der Waals surface area contributed by atoms with E-state index < -0.39 is 18.1 Å². The van der Waals surface area contributed by atoms with Crippen molar-refractivity contribution in [1.29, 1.82) is 0 Å². The fraction of sp³-hybridized carbons (Fsp3) is 0.591. The number of halogens is 3. The Morgan fingerprint density at radius 1 is 1.15 bits per heavy atom. The Bertz CT molecular complexity index is 868. The Kier molecular flexibility index (Phi) is 10.3. The molecule has 182 valence electrons. The van der Waals surface area contributed by atoms with Crippen LogP contribution >= 0.6 is 0 Å². The first-order chi connectivity index (χ1) is 15.6. The summed E-state index contributed by atoms with van der Waals surface area (Å²) >= 11 is 0. The van der Waals surface area contributed by atoms with E-state index in [4.69, 9.17) is 14.4 Å². The standard InChI is InChI=1S/C20H27N3O3.C2HF3O2/c24-19(25)13-16(10-6-9-15-7-2-1-3-8-15)20-22-18(23-26-20)14-17-11-4-5-12-21-17;3-2(4,5)1(6)7/h4-5,11-12,15-16H,1-3,6-10,13-14H2,(H,24,25);(H,6,7). The molecule has 8 nitrogen and oxygen atoms in total. The van der Waals surface area contributed by atoms with Crippen LogP contribution in [0.15, 0.2) is 28.9 Å². The number of pyridine rings is 1. The number of carboxylic acid groups (broad SMARTS) is 2. The average molecular weight is 471 g/mol. The molecule has 0 amide bonds. The highest BCUT2D eigenvalue weighted by Gasteiger charge is 2.38. The predicted octanol–water partition coefficient (Wildman–Crippen LogP) is 5.00. The molecular formula is C22H28F3N3O5. The highest BCUT2D eigenvalue weighted by atomic mass is 19.4. The van der Waals surface area contributed by atoms with Gasteiger partial charge in [-0.2, -0.15) is 18.2 Å². The maximum Gasteiger partial charge on any atom is 0.490 e. The van der Waals surface area contributed by atoms with E-state index >= 15 is 0 Å². The van der Waals surface area contributed by atoms with Crippen molar-refractivity contribution in [3.8, 4) is 0 Å². The van der Waals surface area contributed by atoms with Crippen molar-refractivity contribution in [1.82, 2.24) is 15.1 Å². The predicted molar refractivity (Wildman–Crippen MR) is 110 cm³/mol. The third-order valence-corrected chi connectivity index (χ3v) is 5.45. The lowest BCUT2D eigenvalue weighted by atomic mass is 9.84. The smallest absolute Gasteiger partial charge is 0.481 e. The summed E-state index contributed by atoms with van der Waals surface area (Å²) in [5.41, 5.74) is 0.868. The summed E-state index contributed by atoms with van der Waals surface area (Å²) in [5.74, 6) is -1.98. The van der Waals surface area contributed by atoms with Crippen LogP contribution in [0.25, 0.3) is 0 Å². The van der Waals surface area contributed by atoms with Gasteiger partial charge in [-0.15, -0.1) is 0 Å². The second-order valence-corrected chi connectivity index (χ2v) is 8.08. The molecule has 1 atom stereocenters. The number of carbonyl (C=O) groups is 2. The Hall–Kier alpha value is -2.98. The highest BCUT2D eigenvalue weighted by Crippen LogP contribution is 2.31. The molecule has 0 aliphatic heterocycles. The topological polar surface area (TPSA) is 126 Å². The van der Waals surface area contributed by atoms with Gasteiger partial charge in [0.05, 0.1) is 12.8 Å². The van der Waals surface area contributed by atoms with Crippen LogP contribution in [-0.2, 0) is 16.0 Å². The van der Waals surface area contributed by atoms with E-state index in [0.717, 1.165) is 24.5 Å². The van der Waals surface area contributed by atoms with Crippen LogP contribution in [0, 0.1) is 5.92 Å². The molecule has 1 aliphatic carbocycles. The molecule has 1 unspecified atom stereocenters. The van der Waals surface area contributed by atoms with Crippen molar-refractivity contribution in [3.63, 3.8) is 0 Å². The summed E-state index contributed by atoms with van der Waals surface area (Å²) in [4.78, 5) is 28.8. The Morgan fingerprint density at radius 2 is 1.85 bits per heavy atom. The Balaban J connectivity index is 0.000000479. The lowest BCUT2D eigenvalue weighted by Crippen LogP contribution is -2.21. The molecule has 2 N–H and O–H groups in total. The summed E-state index contributed by atoms with van der Waals surface area (Å²) in [5, 5.41) is 20.4. The van der Waals surface area contributed by atoms with E-state index in [2.05, 4.69) is 15.1 Å². The number of aromatic nitrogens is 3. The number of hydrogen-bond acceptors (Lipinski definition) is 6. The summed E-state index contributed by atoms with van der Waals surface area (Å²) in [6.45, 7) is 0. The molecule has 2 aromatic rings. The zero-order valence-corrected chi connectivity index (χ0v) is 18.1. The van der Waals surface area contributed by atoms with Gasteiger partial charge in [0.25, 0.3) is 0 Å². The maximum atomic E-state index is 11.2. The van der Waals surface area contributed by atoms with Crippen LogP contribution < -0.4 is 0 Å². The normalized spacial score (nSPS) is 15.4. The van der Waals surface area contributed by atoms with Crippen molar-refractivity contribution < 1.29 is 37.5 Å². The van der Waals surface area contributed by atoms with E-state index in [9.17, 15) is 23.1 Å². The van der Waals surface area contributed by atoms with Crippen molar-refractivity contribution >= 4 is 11.9 Å². The monoisotopic (exact) mass is 471 g/mol. The summed E-state index contributed by atoms with van der Waals surface area (Å²) < 4.78 is 37.1. The molecule has 1 saturated carbocycles. The van der Waals surface area contributed by atoms with E-state index in [1.165, 1.54) is 38.5 Å². The second-order valence-electron chi connectivity index (χ2n) is 8.08. The molecule has 2 aromatic heterocycles. The zero-order chi connectivity index (χ0) is 24.3. The van der Waals surface area contributed by atoms with Crippen molar-refractivity contribution in [2.24, 2.45) is 5.92 Å². The molecule has 2 heterocycles. The van der Waals surface area contributed by atoms with Gasteiger partial charge in [-0.05, 0) is 24.5 Å². The van der Waals surface area contributed by atoms with Gasteiger partial charge in [0.15, 0.2) is 5.82 Å². The van der Waals surface area contributed by atoms with E-state index in [1.807, 2.05) is 18.2 Å². The van der Waals surface area contributed by atoms with Gasteiger partial charge in [0, 0.05) is 17.8 Å². The van der Waals surface area contributed by atoms with Crippen molar-refractivity contribution in [2.45, 2.75) is 76.3 Å². The van der Waals surface area contributed by atoms with E-state index in [0.29, 0.717) is 18.1 Å². The van der Waals surface area contributed by atoms with Gasteiger partial charge in [0.1, 0.15) is 0 Å². The second kappa shape index (κ2) is 12.9. The van der Waals surface area contributed by atoms with Gasteiger partial charge in [0.2, 0.25) is 5.89 Å². The molecule has 0 bridgehead atoms. The molecule has 1 aliphatic rings. The molecule has 0 spiro atoms. The maximum absolute atomic E-state index is 11.2. The number of alkyl halides is 3. The quantitative estimate of drug-likeness (QED) is 0.523. The minimum Gasteiger partial charge on any atom is -0.481 e. The number of nitrogens with zero attached hydrogens (tertiary/aromatic N) is 3. The zero-order valence-electron chi connectivity index (χ0n) is 18.1. The minimum absolute atomic E-state index is 0.0376. The molecule has 0 radical (unpaired) electrons. The molecular weight excluding hydrogens is 443 g/mol. The lowest BCUT2D eigenvalue weighted by molar-refractivity contribution is -0.192. The van der Waals surface area contributed by atoms with Crippen LogP contribution in [0.1, 0.15) is 81.1 Å². The van der Waals surface area contributed by atoms with Crippen LogP contribution in [-0.4, -0.2) is 43.5 Å². The highest BCUT2D eigenvalue weighted by molar-refractivity contribution is 5.73. The molecule has 0 saturated heterocycles. The molecule has 11 heteroatoms. The number of aliphatic carboxylic acids is 2. The Morgan fingerprint density at radius 3 is 2.42 bits per heavy atom. The van der Waals surface area contributed by atoms with Gasteiger partial charge in [-0.1, -0.05) is 56.2 Å². The third kappa shape index (κ3) is 10.0. The first kappa shape index (κ1) is 26.3. The number of rotatable bonds is 9. The van der Waals surface area contributed by atoms with Crippen LogP contribution in [0.2, 0.25) is 0 Å². The molecule has 33 heavy (non-hydrogen) atoms. The summed E-state index contributed by atoms with van der Waals surface area (Å²) in [6, 6.07) is 5.69. The summed E-state index contributed by atoms with van der Waals surface area (Å²) in [7, 11) is 0. The summed E-state index contributed by atoms with van der Waals surface area (Å²) in [6.07, 6.45) is 6.82. The van der Waals surface area contributed by atoms with Gasteiger partial charge < -0.3 is 14.7 Å². The first-order valence-corrected chi connectivity index (χ1v) is 10.9. The van der Waals surface area contributed by atoms with E-state index in [-0.39, 0.29) is 12.3 Å². The average Bonchev–Trinajstić information content (AvgIpc) is 3.22. The van der Waals surface area contributed by atoms with E-state index in [1.54, 1.807) is 6.20 Å². The van der Waals surface area contributed by atoms with Crippen molar-refractivity contribution in [2.75, 3.05) is 0 Å². The number of hydrogen-bond donors (Lipinski definition) is 2. The van der Waals surface area contributed by atoms with Crippen LogP contribution in [0.3, 0.4) is 0 Å². The largest absolute Gasteiger partial charge is 0.490 e. The fourth-order valence-corrected chi connectivity index (χ4v) is 3.82. The molecule has 0 aromatic carbocycles. The first-order valence-electron chi connectivity index (χ1n) is 10.9.